The quantitative estimate of drug-likeness (QED) is 0.637. The smallest absolute Gasteiger partial charge is 0.223 e. The highest BCUT2D eigenvalue weighted by molar-refractivity contribution is 6.30. The average molecular weight is 425 g/mol. The molecular weight excluding hydrogens is 403 g/mol. The van der Waals surface area contributed by atoms with Gasteiger partial charge in [0.1, 0.15) is 5.82 Å². The highest BCUT2D eigenvalue weighted by Crippen LogP contribution is 2.37. The minimum absolute atomic E-state index is 0.0565. The lowest BCUT2D eigenvalue weighted by molar-refractivity contribution is -0.132. The van der Waals surface area contributed by atoms with Crippen molar-refractivity contribution in [2.75, 3.05) is 12.3 Å². The van der Waals surface area contributed by atoms with Crippen LogP contribution >= 0.6 is 11.6 Å². The maximum absolute atomic E-state index is 13.1. The van der Waals surface area contributed by atoms with E-state index in [0.29, 0.717) is 24.4 Å². The van der Waals surface area contributed by atoms with Gasteiger partial charge in [-0.2, -0.15) is 0 Å². The molecule has 0 radical (unpaired) electrons. The van der Waals surface area contributed by atoms with Crippen LogP contribution in [0.25, 0.3) is 11.1 Å². The number of nitrogen functional groups attached to an aromatic ring is 1. The Labute approximate surface area is 179 Å². The van der Waals surface area contributed by atoms with Gasteiger partial charge in [-0.25, -0.2) is 14.4 Å². The van der Waals surface area contributed by atoms with Crippen LogP contribution in [0.5, 0.6) is 0 Å². The van der Waals surface area contributed by atoms with E-state index in [1.165, 1.54) is 12.1 Å². The number of hydrogen-bond donors (Lipinski definition) is 1. The van der Waals surface area contributed by atoms with Gasteiger partial charge < -0.3 is 10.6 Å². The lowest BCUT2D eigenvalue weighted by atomic mass is 9.99. The third-order valence-electron chi connectivity index (χ3n) is 5.42. The van der Waals surface area contributed by atoms with Crippen LogP contribution in [-0.2, 0) is 11.2 Å². The van der Waals surface area contributed by atoms with Gasteiger partial charge in [0.05, 0.1) is 11.7 Å². The van der Waals surface area contributed by atoms with E-state index in [0.717, 1.165) is 35.2 Å². The first-order valence-corrected chi connectivity index (χ1v) is 10.3. The maximum Gasteiger partial charge on any atom is 0.223 e. The molecule has 3 aromatic rings. The molecule has 7 heteroatoms. The number of nitrogens with two attached hydrogens (primary N) is 1. The molecule has 2 heterocycles. The predicted octanol–water partition coefficient (Wildman–Crippen LogP) is 4.81. The van der Waals surface area contributed by atoms with Crippen molar-refractivity contribution < 1.29 is 9.18 Å². The van der Waals surface area contributed by atoms with Gasteiger partial charge in [-0.15, -0.1) is 0 Å². The molecule has 30 heavy (non-hydrogen) atoms. The highest BCUT2D eigenvalue weighted by Gasteiger charge is 2.32. The minimum atomic E-state index is -0.277. The van der Waals surface area contributed by atoms with E-state index in [9.17, 15) is 9.18 Å². The standard InChI is InChI=1S/C23H22ClFN4O/c24-17-8-6-16(7-9-17)19-14-27-23(26)28-22(19)20-2-1-13-29(20)21(30)12-5-15-3-10-18(25)11-4-15/h3-4,6-11,14,20H,1-2,5,12-13H2,(H2,26,27,28). The molecule has 1 unspecified atom stereocenters. The number of aromatic nitrogens is 2. The van der Waals surface area contributed by atoms with Crippen LogP contribution in [0.1, 0.15) is 36.6 Å². The summed E-state index contributed by atoms with van der Waals surface area (Å²) in [6.07, 6.45) is 4.36. The fourth-order valence-corrected chi connectivity index (χ4v) is 4.04. The van der Waals surface area contributed by atoms with Crippen LogP contribution in [0.4, 0.5) is 10.3 Å². The summed E-state index contributed by atoms with van der Waals surface area (Å²) in [5.41, 5.74) is 9.37. The number of carbonyl (C=O) groups is 1. The molecule has 1 saturated heterocycles. The molecule has 0 aliphatic carbocycles. The fraction of sp³-hybridized carbons (Fsp3) is 0.261. The van der Waals surface area contributed by atoms with Crippen LogP contribution in [0, 0.1) is 5.82 Å². The number of carbonyl (C=O) groups excluding carboxylic acids is 1. The van der Waals surface area contributed by atoms with Crippen LogP contribution in [-0.4, -0.2) is 27.3 Å². The van der Waals surface area contributed by atoms with Crippen LogP contribution in [0.2, 0.25) is 5.02 Å². The summed E-state index contributed by atoms with van der Waals surface area (Å²) in [6.45, 7) is 0.677. The predicted molar refractivity (Wildman–Crippen MR) is 115 cm³/mol. The number of nitrogens with zero attached hydrogens (tertiary/aromatic N) is 3. The van der Waals surface area contributed by atoms with Crippen molar-refractivity contribution in [2.24, 2.45) is 0 Å². The molecule has 0 saturated carbocycles. The normalized spacial score (nSPS) is 16.1. The van der Waals surface area contributed by atoms with E-state index in [4.69, 9.17) is 17.3 Å². The molecule has 1 atom stereocenters. The van der Waals surface area contributed by atoms with E-state index >= 15 is 0 Å². The zero-order valence-electron chi connectivity index (χ0n) is 16.4. The summed E-state index contributed by atoms with van der Waals surface area (Å²) in [6, 6.07) is 13.6. The number of halogens is 2. The van der Waals surface area contributed by atoms with Crippen LogP contribution in [0.3, 0.4) is 0 Å². The minimum Gasteiger partial charge on any atom is -0.368 e. The van der Waals surface area contributed by atoms with E-state index < -0.39 is 0 Å². The number of amides is 1. The summed E-state index contributed by atoms with van der Waals surface area (Å²) >= 11 is 6.02. The summed E-state index contributed by atoms with van der Waals surface area (Å²) in [5.74, 6) is -0.0323. The molecule has 1 fully saturated rings. The van der Waals surface area contributed by atoms with E-state index in [2.05, 4.69) is 9.97 Å². The second kappa shape index (κ2) is 8.79. The van der Waals surface area contributed by atoms with E-state index in [1.54, 1.807) is 18.3 Å². The molecule has 1 aliphatic heterocycles. The van der Waals surface area contributed by atoms with E-state index in [1.807, 2.05) is 29.2 Å². The Hall–Kier alpha value is -2.99. The molecule has 5 nitrogen and oxygen atoms in total. The summed E-state index contributed by atoms with van der Waals surface area (Å²) in [7, 11) is 0. The Balaban J connectivity index is 1.57. The molecule has 2 aromatic carbocycles. The average Bonchev–Trinajstić information content (AvgIpc) is 3.24. The maximum atomic E-state index is 13.1. The highest BCUT2D eigenvalue weighted by atomic mass is 35.5. The van der Waals surface area contributed by atoms with Gasteiger partial charge in [-0.3, -0.25) is 4.79 Å². The number of anilines is 1. The Morgan fingerprint density at radius 1 is 1.17 bits per heavy atom. The first-order valence-electron chi connectivity index (χ1n) is 9.93. The summed E-state index contributed by atoms with van der Waals surface area (Å²) in [5, 5.41) is 0.648. The van der Waals surface area contributed by atoms with Crippen LogP contribution < -0.4 is 5.73 Å². The van der Waals surface area contributed by atoms with Gasteiger partial charge in [-0.1, -0.05) is 35.9 Å². The van der Waals surface area contributed by atoms with Crippen LogP contribution in [0.15, 0.2) is 54.7 Å². The molecule has 0 bridgehead atoms. The molecule has 1 aromatic heterocycles. The SMILES string of the molecule is Nc1ncc(-c2ccc(Cl)cc2)c(C2CCCN2C(=O)CCc2ccc(F)cc2)n1. The Morgan fingerprint density at radius 3 is 2.63 bits per heavy atom. The lowest BCUT2D eigenvalue weighted by Gasteiger charge is -2.26. The number of benzene rings is 2. The monoisotopic (exact) mass is 424 g/mol. The number of likely N-dealkylation sites (tertiary alicyclic amines) is 1. The Morgan fingerprint density at radius 2 is 1.90 bits per heavy atom. The van der Waals surface area contributed by atoms with Crippen molar-refractivity contribution in [3.8, 4) is 11.1 Å². The third-order valence-corrected chi connectivity index (χ3v) is 5.67. The first kappa shape index (κ1) is 20.3. The third kappa shape index (κ3) is 4.44. The largest absolute Gasteiger partial charge is 0.368 e. The topological polar surface area (TPSA) is 72.1 Å². The lowest BCUT2D eigenvalue weighted by Crippen LogP contribution is -2.31. The van der Waals surface area contributed by atoms with Crippen molar-refractivity contribution >= 4 is 23.5 Å². The summed E-state index contributed by atoms with van der Waals surface area (Å²) in [4.78, 5) is 23.6. The van der Waals surface area contributed by atoms with Crippen molar-refractivity contribution in [3.05, 3.63) is 76.8 Å². The van der Waals surface area contributed by atoms with Crippen molar-refractivity contribution in [3.63, 3.8) is 0 Å². The molecule has 1 amide bonds. The van der Waals surface area contributed by atoms with Gasteiger partial charge in [0.2, 0.25) is 11.9 Å². The zero-order chi connectivity index (χ0) is 21.1. The second-order valence-electron chi connectivity index (χ2n) is 7.41. The van der Waals surface area contributed by atoms with Gasteiger partial charge in [0.25, 0.3) is 0 Å². The van der Waals surface area contributed by atoms with Gasteiger partial charge in [0, 0.05) is 29.7 Å². The number of hydrogen-bond acceptors (Lipinski definition) is 4. The molecule has 0 spiro atoms. The first-order chi connectivity index (χ1) is 14.5. The molecular formula is C23H22ClFN4O. The van der Waals surface area contributed by atoms with E-state index in [-0.39, 0.29) is 23.7 Å². The van der Waals surface area contributed by atoms with Crippen molar-refractivity contribution in [2.45, 2.75) is 31.7 Å². The molecule has 154 valence electrons. The summed E-state index contributed by atoms with van der Waals surface area (Å²) < 4.78 is 13.1. The van der Waals surface area contributed by atoms with Gasteiger partial charge >= 0.3 is 0 Å². The Kier molecular flexibility index (Phi) is 5.95. The second-order valence-corrected chi connectivity index (χ2v) is 7.84. The number of rotatable bonds is 5. The van der Waals surface area contributed by atoms with Gasteiger partial charge in [0.15, 0.2) is 0 Å². The Bertz CT molecular complexity index is 1040. The van der Waals surface area contributed by atoms with Crippen molar-refractivity contribution in [1.29, 1.82) is 0 Å². The molecule has 4 rings (SSSR count). The van der Waals surface area contributed by atoms with Gasteiger partial charge in [-0.05, 0) is 54.7 Å². The number of aryl methyl sites for hydroxylation is 1. The van der Waals surface area contributed by atoms with Crippen molar-refractivity contribution in [1.82, 2.24) is 14.9 Å². The fourth-order valence-electron chi connectivity index (χ4n) is 3.91. The molecule has 1 aliphatic rings. The molecule has 2 N–H and O–H groups in total. The zero-order valence-corrected chi connectivity index (χ0v) is 17.1.